The Kier molecular flexibility index (Phi) is 8.64. The van der Waals surface area contributed by atoms with Crippen LogP contribution in [0.5, 0.6) is 0 Å². The molecule has 2 N–H and O–H groups in total. The second-order valence-electron chi connectivity index (χ2n) is 6.87. The van der Waals surface area contributed by atoms with E-state index in [2.05, 4.69) is 15.6 Å². The van der Waals surface area contributed by atoms with Crippen LogP contribution in [0.1, 0.15) is 18.4 Å². The Labute approximate surface area is 182 Å². The zero-order valence-corrected chi connectivity index (χ0v) is 17.6. The summed E-state index contributed by atoms with van der Waals surface area (Å²) in [7, 11) is 0. The molecule has 29 heavy (non-hydrogen) atoms. The molecule has 8 heteroatoms. The number of aromatic nitrogens is 3. The van der Waals surface area contributed by atoms with Gasteiger partial charge in [-0.1, -0.05) is 18.2 Å². The van der Waals surface area contributed by atoms with E-state index in [1.165, 1.54) is 12.8 Å². The van der Waals surface area contributed by atoms with Crippen molar-refractivity contribution >= 4 is 30.7 Å². The largest absolute Gasteiger partial charge is 0.351 e. The highest BCUT2D eigenvalue weighted by Gasteiger charge is 2.20. The Morgan fingerprint density at radius 2 is 1.79 bits per heavy atom. The topological polar surface area (TPSA) is 71.8 Å². The van der Waals surface area contributed by atoms with Gasteiger partial charge < -0.3 is 10.6 Å². The molecule has 1 aliphatic rings. The number of halogens is 2. The highest BCUT2D eigenvalue weighted by molar-refractivity contribution is 5.85. The molecule has 0 atom stereocenters. The molecular weight excluding hydrogens is 409 g/mol. The van der Waals surface area contributed by atoms with Crippen molar-refractivity contribution in [2.45, 2.75) is 19.4 Å². The van der Waals surface area contributed by atoms with Gasteiger partial charge in [0.1, 0.15) is 0 Å². The Bertz CT molecular complexity index is 898. The van der Waals surface area contributed by atoms with Gasteiger partial charge in [0.2, 0.25) is 5.91 Å². The third-order valence-electron chi connectivity index (χ3n) is 4.66. The SMILES string of the molecule is Cl.Cl.O=C(CNCC1CC1)NCc1cn(-c2ccccc2)nc1-c1ccncc1. The second kappa shape index (κ2) is 11.0. The first-order valence-electron chi connectivity index (χ1n) is 9.31. The number of carbonyl (C=O) groups excluding carboxylic acids is 1. The van der Waals surface area contributed by atoms with Crippen molar-refractivity contribution in [3.8, 4) is 16.9 Å². The van der Waals surface area contributed by atoms with E-state index in [-0.39, 0.29) is 30.7 Å². The molecule has 2 heterocycles. The highest BCUT2D eigenvalue weighted by atomic mass is 35.5. The maximum absolute atomic E-state index is 12.1. The summed E-state index contributed by atoms with van der Waals surface area (Å²) in [6.07, 6.45) is 8.04. The number of carbonyl (C=O) groups is 1. The van der Waals surface area contributed by atoms with Crippen molar-refractivity contribution in [2.24, 2.45) is 5.92 Å². The molecule has 1 aliphatic carbocycles. The molecule has 3 aromatic rings. The number of para-hydroxylation sites is 1. The lowest BCUT2D eigenvalue weighted by atomic mass is 10.1. The fourth-order valence-corrected chi connectivity index (χ4v) is 2.97. The second-order valence-corrected chi connectivity index (χ2v) is 6.87. The van der Waals surface area contributed by atoms with Crippen LogP contribution in [-0.4, -0.2) is 33.8 Å². The number of amides is 1. The summed E-state index contributed by atoms with van der Waals surface area (Å²) in [4.78, 5) is 16.2. The third kappa shape index (κ3) is 6.29. The average Bonchev–Trinajstić information content (AvgIpc) is 3.44. The van der Waals surface area contributed by atoms with Crippen molar-refractivity contribution in [1.29, 1.82) is 0 Å². The zero-order chi connectivity index (χ0) is 18.5. The maximum atomic E-state index is 12.1. The minimum absolute atomic E-state index is 0. The fraction of sp³-hybridized carbons (Fsp3) is 0.286. The lowest BCUT2D eigenvalue weighted by Crippen LogP contribution is -2.34. The van der Waals surface area contributed by atoms with Crippen molar-refractivity contribution in [1.82, 2.24) is 25.4 Å². The number of hydrogen-bond acceptors (Lipinski definition) is 4. The molecule has 0 unspecified atom stereocenters. The van der Waals surface area contributed by atoms with Gasteiger partial charge in [0.25, 0.3) is 0 Å². The summed E-state index contributed by atoms with van der Waals surface area (Å²) in [5, 5.41) is 11.0. The van der Waals surface area contributed by atoms with Gasteiger partial charge in [-0.2, -0.15) is 5.10 Å². The predicted octanol–water partition coefficient (Wildman–Crippen LogP) is 3.39. The van der Waals surface area contributed by atoms with Crippen molar-refractivity contribution in [3.63, 3.8) is 0 Å². The Morgan fingerprint density at radius 3 is 2.48 bits per heavy atom. The summed E-state index contributed by atoms with van der Waals surface area (Å²) in [5.74, 6) is 0.768. The van der Waals surface area contributed by atoms with Gasteiger partial charge in [0.05, 0.1) is 17.9 Å². The quantitative estimate of drug-likeness (QED) is 0.570. The zero-order valence-electron chi connectivity index (χ0n) is 16.0. The van der Waals surface area contributed by atoms with Crippen LogP contribution in [0.3, 0.4) is 0 Å². The van der Waals surface area contributed by atoms with Gasteiger partial charge in [0.15, 0.2) is 0 Å². The number of nitrogens with one attached hydrogen (secondary N) is 2. The van der Waals surface area contributed by atoms with Crippen molar-refractivity contribution < 1.29 is 4.79 Å². The predicted molar refractivity (Wildman–Crippen MR) is 119 cm³/mol. The van der Waals surface area contributed by atoms with Crippen LogP contribution in [0.25, 0.3) is 16.9 Å². The van der Waals surface area contributed by atoms with Crippen LogP contribution in [0.4, 0.5) is 0 Å². The monoisotopic (exact) mass is 433 g/mol. The molecule has 154 valence electrons. The average molecular weight is 434 g/mol. The summed E-state index contributed by atoms with van der Waals surface area (Å²) in [6, 6.07) is 13.8. The smallest absolute Gasteiger partial charge is 0.234 e. The van der Waals surface area contributed by atoms with Gasteiger partial charge in [-0.25, -0.2) is 4.68 Å². The molecule has 1 fully saturated rings. The van der Waals surface area contributed by atoms with Crippen LogP contribution >= 0.6 is 24.8 Å². The molecule has 0 spiro atoms. The van der Waals surface area contributed by atoms with E-state index in [9.17, 15) is 4.79 Å². The van der Waals surface area contributed by atoms with Crippen LogP contribution in [0, 0.1) is 5.92 Å². The van der Waals surface area contributed by atoms with Crippen molar-refractivity contribution in [3.05, 3.63) is 66.6 Å². The minimum Gasteiger partial charge on any atom is -0.351 e. The molecule has 0 bridgehead atoms. The molecule has 6 nitrogen and oxygen atoms in total. The van der Waals surface area contributed by atoms with Gasteiger partial charge in [-0.15, -0.1) is 24.8 Å². The van der Waals surface area contributed by atoms with Crippen LogP contribution in [0.15, 0.2) is 61.1 Å². The number of benzene rings is 1. The lowest BCUT2D eigenvalue weighted by Gasteiger charge is -2.06. The maximum Gasteiger partial charge on any atom is 0.234 e. The van der Waals surface area contributed by atoms with Crippen molar-refractivity contribution in [2.75, 3.05) is 13.1 Å². The van der Waals surface area contributed by atoms with E-state index in [1.807, 2.05) is 53.3 Å². The molecule has 0 aliphatic heterocycles. The molecule has 4 rings (SSSR count). The normalized spacial score (nSPS) is 12.6. The first kappa shape index (κ1) is 22.9. The van der Waals surface area contributed by atoms with Gasteiger partial charge in [-0.05, 0) is 49.6 Å². The summed E-state index contributed by atoms with van der Waals surface area (Å²) in [6.45, 7) is 1.73. The number of pyridine rings is 1. The Hall–Kier alpha value is -2.41. The van der Waals surface area contributed by atoms with Gasteiger partial charge >= 0.3 is 0 Å². The highest BCUT2D eigenvalue weighted by Crippen LogP contribution is 2.27. The van der Waals surface area contributed by atoms with Crippen LogP contribution in [-0.2, 0) is 11.3 Å². The molecule has 0 saturated heterocycles. The minimum atomic E-state index is 0. The molecule has 1 amide bonds. The van der Waals surface area contributed by atoms with E-state index < -0.39 is 0 Å². The fourth-order valence-electron chi connectivity index (χ4n) is 2.97. The Morgan fingerprint density at radius 1 is 1.07 bits per heavy atom. The van der Waals surface area contributed by atoms with E-state index in [1.54, 1.807) is 12.4 Å². The van der Waals surface area contributed by atoms with E-state index in [4.69, 9.17) is 5.10 Å². The third-order valence-corrected chi connectivity index (χ3v) is 4.66. The number of rotatable bonds is 8. The van der Waals surface area contributed by atoms with E-state index in [0.29, 0.717) is 13.1 Å². The summed E-state index contributed by atoms with van der Waals surface area (Å²) < 4.78 is 1.85. The van der Waals surface area contributed by atoms with Gasteiger partial charge in [-0.3, -0.25) is 9.78 Å². The summed E-state index contributed by atoms with van der Waals surface area (Å²) in [5.41, 5.74) is 3.79. The first-order valence-corrected chi connectivity index (χ1v) is 9.31. The Balaban J connectivity index is 0.00000150. The van der Waals surface area contributed by atoms with E-state index >= 15 is 0 Å². The molecular formula is C21H25Cl2N5O. The number of nitrogens with zero attached hydrogens (tertiary/aromatic N) is 3. The summed E-state index contributed by atoms with van der Waals surface area (Å²) >= 11 is 0. The molecule has 1 aromatic carbocycles. The number of hydrogen-bond donors (Lipinski definition) is 2. The standard InChI is InChI=1S/C21H23N5O.2ClH/c27-20(14-23-12-16-6-7-16)24-13-18-15-26(19-4-2-1-3-5-19)25-21(18)17-8-10-22-11-9-17;;/h1-5,8-11,15-16,23H,6-7,12-14H2,(H,24,27);2*1H. The molecule has 2 aromatic heterocycles. The van der Waals surface area contributed by atoms with Crippen LogP contribution < -0.4 is 10.6 Å². The first-order chi connectivity index (χ1) is 13.3. The lowest BCUT2D eigenvalue weighted by molar-refractivity contribution is -0.120. The van der Waals surface area contributed by atoms with Gasteiger partial charge in [0, 0.05) is 36.3 Å². The van der Waals surface area contributed by atoms with Crippen LogP contribution in [0.2, 0.25) is 0 Å². The van der Waals surface area contributed by atoms with E-state index in [0.717, 1.165) is 35.0 Å². The molecule has 0 radical (unpaired) electrons. The molecule has 1 saturated carbocycles.